The van der Waals surface area contributed by atoms with Gasteiger partial charge < -0.3 is 34.8 Å². The molecule has 3 aromatic rings. The van der Waals surface area contributed by atoms with Crippen molar-refractivity contribution in [2.24, 2.45) is 0 Å². The second-order valence-corrected chi connectivity index (χ2v) is 14.3. The molecular weight excluding hydrogens is 620 g/mol. The van der Waals surface area contributed by atoms with Crippen LogP contribution in [-0.2, 0) is 11.3 Å². The van der Waals surface area contributed by atoms with Crippen LogP contribution in [-0.4, -0.2) is 84.8 Å². The van der Waals surface area contributed by atoms with Gasteiger partial charge in [-0.3, -0.25) is 9.59 Å². The maximum atomic E-state index is 13.1. The zero-order valence-electron chi connectivity index (χ0n) is 29.2. The third-order valence-corrected chi connectivity index (χ3v) is 9.78. The van der Waals surface area contributed by atoms with E-state index in [0.29, 0.717) is 48.6 Å². The highest BCUT2D eigenvalue weighted by molar-refractivity contribution is 5.96. The van der Waals surface area contributed by atoms with Crippen molar-refractivity contribution < 1.29 is 23.9 Å². The summed E-state index contributed by atoms with van der Waals surface area (Å²) in [5.41, 5.74) is 3.60. The molecule has 2 aromatic carbocycles. The normalized spacial score (nSPS) is 20.5. The number of piperazine rings is 1. The number of amides is 3. The smallest absolute Gasteiger partial charge is 0.410 e. The van der Waals surface area contributed by atoms with Crippen LogP contribution in [0.3, 0.4) is 0 Å². The highest BCUT2D eigenvalue weighted by Crippen LogP contribution is 2.39. The first kappa shape index (κ1) is 34.1. The summed E-state index contributed by atoms with van der Waals surface area (Å²) in [4.78, 5) is 49.6. The number of aromatic nitrogens is 1. The molecule has 0 aliphatic carbocycles. The SMILES string of the molecule is COc1cccc(C(=O)NC2CC3CCC(C2)N3c2ccc(C(=O)NCc3ccc(N4CCN(C(=O)OC(C)(C)C)CC4)cc3)cn2)c1C. The molecule has 11 heteroatoms. The van der Waals surface area contributed by atoms with Crippen LogP contribution in [0.5, 0.6) is 5.75 Å². The minimum absolute atomic E-state index is 0.0612. The molecule has 2 N–H and O–H groups in total. The molecule has 260 valence electrons. The van der Waals surface area contributed by atoms with E-state index in [1.165, 1.54) is 0 Å². The van der Waals surface area contributed by atoms with Crippen molar-refractivity contribution in [3.05, 3.63) is 83.0 Å². The number of pyridine rings is 1. The zero-order valence-corrected chi connectivity index (χ0v) is 29.2. The number of carbonyl (C=O) groups excluding carboxylic acids is 3. The Labute approximate surface area is 289 Å². The minimum Gasteiger partial charge on any atom is -0.496 e. The number of rotatable bonds is 8. The van der Waals surface area contributed by atoms with Gasteiger partial charge in [0, 0.05) is 73.9 Å². The fourth-order valence-corrected chi connectivity index (χ4v) is 7.27. The van der Waals surface area contributed by atoms with Crippen molar-refractivity contribution in [3.63, 3.8) is 0 Å². The monoisotopic (exact) mass is 668 g/mol. The molecule has 1 aromatic heterocycles. The van der Waals surface area contributed by atoms with Crippen LogP contribution in [0, 0.1) is 6.92 Å². The molecule has 3 fully saturated rings. The average Bonchev–Trinajstić information content (AvgIpc) is 3.36. The standard InChI is InChI=1S/C38H48N6O5/c1-25-32(7-6-8-33(25)48-5)36(46)41-28-21-30-14-15-31(22-28)44(30)34-16-11-27(24-39-34)35(45)40-23-26-9-12-29(13-10-26)42-17-19-43(20-18-42)37(47)49-38(2,3)4/h6-13,16,24,28,30-31H,14-15,17-23H2,1-5H3,(H,40,45)(H,41,46). The van der Waals surface area contributed by atoms with Crippen LogP contribution < -0.4 is 25.2 Å². The van der Waals surface area contributed by atoms with E-state index in [1.54, 1.807) is 18.2 Å². The van der Waals surface area contributed by atoms with Crippen LogP contribution in [0.2, 0.25) is 0 Å². The van der Waals surface area contributed by atoms with Crippen LogP contribution >= 0.6 is 0 Å². The molecular formula is C38H48N6O5. The van der Waals surface area contributed by atoms with Gasteiger partial charge in [-0.2, -0.15) is 0 Å². The van der Waals surface area contributed by atoms with Gasteiger partial charge in [0.2, 0.25) is 0 Å². The van der Waals surface area contributed by atoms with Gasteiger partial charge in [0.05, 0.1) is 12.7 Å². The Kier molecular flexibility index (Phi) is 9.99. The van der Waals surface area contributed by atoms with Gasteiger partial charge in [-0.15, -0.1) is 0 Å². The molecule has 2 bridgehead atoms. The molecule has 2 atom stereocenters. The number of fused-ring (bicyclic) bond motifs is 2. The molecule has 3 aliphatic heterocycles. The van der Waals surface area contributed by atoms with Crippen molar-refractivity contribution >= 4 is 29.4 Å². The van der Waals surface area contributed by atoms with E-state index < -0.39 is 5.60 Å². The summed E-state index contributed by atoms with van der Waals surface area (Å²) in [5, 5.41) is 6.28. The van der Waals surface area contributed by atoms with Crippen molar-refractivity contribution in [1.29, 1.82) is 0 Å². The molecule has 0 spiro atoms. The van der Waals surface area contributed by atoms with Crippen molar-refractivity contribution in [3.8, 4) is 5.75 Å². The largest absolute Gasteiger partial charge is 0.496 e. The number of benzene rings is 2. The topological polar surface area (TPSA) is 116 Å². The van der Waals surface area contributed by atoms with Gasteiger partial charge in [-0.1, -0.05) is 18.2 Å². The lowest BCUT2D eigenvalue weighted by Crippen LogP contribution is -2.50. The second kappa shape index (κ2) is 14.4. The van der Waals surface area contributed by atoms with E-state index in [2.05, 4.69) is 32.6 Å². The summed E-state index contributed by atoms with van der Waals surface area (Å²) in [7, 11) is 1.62. The van der Waals surface area contributed by atoms with E-state index in [1.807, 2.05) is 70.2 Å². The second-order valence-electron chi connectivity index (χ2n) is 14.3. The van der Waals surface area contributed by atoms with Crippen LogP contribution in [0.1, 0.15) is 78.3 Å². The molecule has 4 heterocycles. The van der Waals surface area contributed by atoms with Gasteiger partial charge >= 0.3 is 6.09 Å². The van der Waals surface area contributed by atoms with Gasteiger partial charge in [0.25, 0.3) is 11.8 Å². The summed E-state index contributed by atoms with van der Waals surface area (Å²) >= 11 is 0. The summed E-state index contributed by atoms with van der Waals surface area (Å²) in [6.07, 6.45) is 5.22. The van der Waals surface area contributed by atoms with Gasteiger partial charge in [-0.05, 0) is 95.3 Å². The van der Waals surface area contributed by atoms with Gasteiger partial charge in [0.1, 0.15) is 17.2 Å². The number of nitrogens with one attached hydrogen (secondary N) is 2. The number of hydrogen-bond donors (Lipinski definition) is 2. The van der Waals surface area contributed by atoms with Gasteiger partial charge in [-0.25, -0.2) is 9.78 Å². The Morgan fingerprint density at radius 2 is 1.59 bits per heavy atom. The predicted molar refractivity (Wildman–Crippen MR) is 189 cm³/mol. The lowest BCUT2D eigenvalue weighted by molar-refractivity contribution is 0.0240. The molecule has 3 saturated heterocycles. The van der Waals surface area contributed by atoms with Crippen LogP contribution in [0.4, 0.5) is 16.3 Å². The first-order valence-electron chi connectivity index (χ1n) is 17.3. The Morgan fingerprint density at radius 3 is 2.20 bits per heavy atom. The van der Waals surface area contributed by atoms with Crippen LogP contribution in [0.25, 0.3) is 0 Å². The zero-order chi connectivity index (χ0) is 34.7. The number of carbonyl (C=O) groups is 3. The van der Waals surface area contributed by atoms with Gasteiger partial charge in [0.15, 0.2) is 0 Å². The summed E-state index contributed by atoms with van der Waals surface area (Å²) < 4.78 is 10.9. The Bertz CT molecular complexity index is 1630. The quantitative estimate of drug-likeness (QED) is 0.332. The fourth-order valence-electron chi connectivity index (χ4n) is 7.27. The summed E-state index contributed by atoms with van der Waals surface area (Å²) in [5.74, 6) is 1.36. The Morgan fingerprint density at radius 1 is 0.898 bits per heavy atom. The maximum Gasteiger partial charge on any atom is 0.410 e. The number of methoxy groups -OCH3 is 1. The summed E-state index contributed by atoms with van der Waals surface area (Å²) in [6, 6.07) is 18.2. The Balaban J connectivity index is 0.972. The number of nitrogens with zero attached hydrogens (tertiary/aromatic N) is 4. The number of anilines is 2. The first-order chi connectivity index (χ1) is 23.5. The molecule has 11 nitrogen and oxygen atoms in total. The summed E-state index contributed by atoms with van der Waals surface area (Å²) in [6.45, 7) is 10.6. The lowest BCUT2D eigenvalue weighted by Gasteiger charge is -2.40. The van der Waals surface area contributed by atoms with Crippen molar-refractivity contribution in [1.82, 2.24) is 20.5 Å². The molecule has 3 amide bonds. The van der Waals surface area contributed by atoms with E-state index in [-0.39, 0.29) is 23.9 Å². The highest BCUT2D eigenvalue weighted by Gasteiger charge is 2.42. The fraction of sp³-hybridized carbons (Fsp3) is 0.474. The molecule has 0 saturated carbocycles. The van der Waals surface area contributed by atoms with E-state index in [9.17, 15) is 14.4 Å². The average molecular weight is 669 g/mol. The Hall–Kier alpha value is -4.80. The van der Waals surface area contributed by atoms with Crippen LogP contribution in [0.15, 0.2) is 60.8 Å². The van der Waals surface area contributed by atoms with E-state index >= 15 is 0 Å². The maximum absolute atomic E-state index is 13.1. The highest BCUT2D eigenvalue weighted by atomic mass is 16.6. The third-order valence-electron chi connectivity index (χ3n) is 9.78. The van der Waals surface area contributed by atoms with Crippen molar-refractivity contribution in [2.75, 3.05) is 43.1 Å². The number of hydrogen-bond acceptors (Lipinski definition) is 8. The molecule has 2 unspecified atom stereocenters. The molecule has 6 rings (SSSR count). The third kappa shape index (κ3) is 7.92. The minimum atomic E-state index is -0.502. The first-order valence-corrected chi connectivity index (χ1v) is 17.3. The van der Waals surface area contributed by atoms with Crippen molar-refractivity contribution in [2.45, 2.75) is 83.6 Å². The van der Waals surface area contributed by atoms with E-state index in [4.69, 9.17) is 14.5 Å². The number of ether oxygens (including phenoxy) is 2. The van der Waals surface area contributed by atoms with E-state index in [0.717, 1.165) is 61.4 Å². The molecule has 3 aliphatic rings. The predicted octanol–water partition coefficient (Wildman–Crippen LogP) is 5.32. The molecule has 0 radical (unpaired) electrons. The lowest BCUT2D eigenvalue weighted by atomic mass is 9.96. The number of piperidine rings is 1. The molecule has 49 heavy (non-hydrogen) atoms.